The molecule has 1 amide bonds. The van der Waals surface area contributed by atoms with Crippen LogP contribution in [0.25, 0.3) is 10.2 Å². The number of fused-ring (bicyclic) bond motifs is 1. The van der Waals surface area contributed by atoms with Crippen molar-refractivity contribution in [2.24, 2.45) is 4.99 Å². The number of benzene rings is 2. The molecule has 2 aromatic carbocycles. The highest BCUT2D eigenvalue weighted by atomic mass is 32.1. The Morgan fingerprint density at radius 1 is 1.22 bits per heavy atom. The summed E-state index contributed by atoms with van der Waals surface area (Å²) in [5, 5.41) is 0. The zero-order valence-electron chi connectivity index (χ0n) is 13.2. The molecule has 118 valence electrons. The van der Waals surface area contributed by atoms with E-state index in [1.807, 2.05) is 36.4 Å². The second-order valence-corrected chi connectivity index (χ2v) is 6.16. The average Bonchev–Trinajstić information content (AvgIpc) is 2.92. The Labute approximate surface area is 138 Å². The molecule has 4 nitrogen and oxygen atoms in total. The highest BCUT2D eigenvalue weighted by Gasteiger charge is 2.09. The number of thiazole rings is 1. The molecule has 0 atom stereocenters. The van der Waals surface area contributed by atoms with Crippen LogP contribution in [-0.4, -0.2) is 17.6 Å². The van der Waals surface area contributed by atoms with Crippen LogP contribution in [-0.2, 0) is 6.54 Å². The molecule has 3 aromatic rings. The zero-order valence-corrected chi connectivity index (χ0v) is 14.0. The number of carbonyl (C=O) groups is 1. The fourth-order valence-electron chi connectivity index (χ4n) is 2.43. The van der Waals surface area contributed by atoms with Crippen LogP contribution in [0.5, 0.6) is 5.75 Å². The molecule has 0 bridgehead atoms. The van der Waals surface area contributed by atoms with E-state index in [1.54, 1.807) is 19.2 Å². The normalized spacial score (nSPS) is 11.8. The summed E-state index contributed by atoms with van der Waals surface area (Å²) in [4.78, 5) is 17.4. The van der Waals surface area contributed by atoms with Crippen molar-refractivity contribution in [3.63, 3.8) is 0 Å². The molecule has 0 aliphatic rings. The second-order valence-electron chi connectivity index (χ2n) is 5.15. The lowest BCUT2D eigenvalue weighted by Crippen LogP contribution is -2.16. The first-order valence-corrected chi connectivity index (χ1v) is 8.36. The molecule has 0 saturated carbocycles. The fraction of sp³-hybridized carbons (Fsp3) is 0.222. The van der Waals surface area contributed by atoms with Gasteiger partial charge < -0.3 is 9.30 Å². The maximum absolute atomic E-state index is 12.4. The van der Waals surface area contributed by atoms with Crippen molar-refractivity contribution in [2.75, 3.05) is 7.11 Å². The Morgan fingerprint density at radius 2 is 2.00 bits per heavy atom. The summed E-state index contributed by atoms with van der Waals surface area (Å²) >= 11 is 1.53. The lowest BCUT2D eigenvalue weighted by atomic mass is 10.2. The largest absolute Gasteiger partial charge is 0.497 e. The van der Waals surface area contributed by atoms with Gasteiger partial charge in [-0.05, 0) is 30.7 Å². The number of amides is 1. The summed E-state index contributed by atoms with van der Waals surface area (Å²) in [5.41, 5.74) is 1.65. The summed E-state index contributed by atoms with van der Waals surface area (Å²) in [6.45, 7) is 2.92. The van der Waals surface area contributed by atoms with Gasteiger partial charge in [-0.3, -0.25) is 4.79 Å². The molecule has 0 spiro atoms. The van der Waals surface area contributed by atoms with Gasteiger partial charge >= 0.3 is 0 Å². The van der Waals surface area contributed by atoms with Gasteiger partial charge in [0, 0.05) is 18.2 Å². The van der Waals surface area contributed by atoms with E-state index in [-0.39, 0.29) is 5.91 Å². The van der Waals surface area contributed by atoms with E-state index in [9.17, 15) is 4.79 Å². The van der Waals surface area contributed by atoms with Crippen molar-refractivity contribution in [2.45, 2.75) is 19.9 Å². The highest BCUT2D eigenvalue weighted by Crippen LogP contribution is 2.23. The van der Waals surface area contributed by atoms with Gasteiger partial charge in [-0.1, -0.05) is 36.5 Å². The number of methoxy groups -OCH3 is 1. The number of hydrogen-bond acceptors (Lipinski definition) is 3. The van der Waals surface area contributed by atoms with Crippen molar-refractivity contribution >= 4 is 27.5 Å². The van der Waals surface area contributed by atoms with Gasteiger partial charge in [-0.25, -0.2) is 0 Å². The lowest BCUT2D eigenvalue weighted by molar-refractivity contribution is 0.0998. The predicted octanol–water partition coefficient (Wildman–Crippen LogP) is 3.86. The van der Waals surface area contributed by atoms with Crippen LogP contribution in [0.15, 0.2) is 53.5 Å². The molecular weight excluding hydrogens is 308 g/mol. The number of nitrogens with zero attached hydrogens (tertiary/aromatic N) is 2. The third-order valence-corrected chi connectivity index (χ3v) is 4.61. The monoisotopic (exact) mass is 326 g/mol. The second kappa shape index (κ2) is 6.79. The van der Waals surface area contributed by atoms with Crippen molar-refractivity contribution in [3.8, 4) is 5.75 Å². The molecule has 3 rings (SSSR count). The first-order chi connectivity index (χ1) is 11.2. The van der Waals surface area contributed by atoms with Gasteiger partial charge in [0.15, 0.2) is 4.80 Å². The number of hydrogen-bond donors (Lipinski definition) is 0. The standard InChI is InChI=1S/C18H18N2O2S/c1-3-11-20-15-12-14(22-2)9-10-16(15)23-18(20)19-17(21)13-7-5-4-6-8-13/h4-10,12H,3,11H2,1-2H3. The molecule has 1 aromatic heterocycles. The minimum Gasteiger partial charge on any atom is -0.497 e. The number of carbonyl (C=O) groups excluding carboxylic acids is 1. The van der Waals surface area contributed by atoms with Crippen LogP contribution in [0.4, 0.5) is 0 Å². The molecule has 0 unspecified atom stereocenters. The van der Waals surface area contributed by atoms with Gasteiger partial charge in [0.1, 0.15) is 5.75 Å². The van der Waals surface area contributed by atoms with Crippen LogP contribution in [0.1, 0.15) is 23.7 Å². The molecule has 0 radical (unpaired) electrons. The highest BCUT2D eigenvalue weighted by molar-refractivity contribution is 7.16. The maximum atomic E-state index is 12.4. The maximum Gasteiger partial charge on any atom is 0.279 e. The average molecular weight is 326 g/mol. The number of aromatic nitrogens is 1. The Balaban J connectivity index is 2.14. The number of ether oxygens (including phenoxy) is 1. The number of aryl methyl sites for hydroxylation is 1. The van der Waals surface area contributed by atoms with Crippen molar-refractivity contribution in [1.82, 2.24) is 4.57 Å². The SMILES string of the molecule is CCCn1c(=NC(=O)c2ccccc2)sc2ccc(OC)cc21. The Hall–Kier alpha value is -2.40. The predicted molar refractivity (Wildman–Crippen MR) is 93.0 cm³/mol. The summed E-state index contributed by atoms with van der Waals surface area (Å²) in [5.74, 6) is 0.593. The smallest absolute Gasteiger partial charge is 0.279 e. The van der Waals surface area contributed by atoms with Gasteiger partial charge in [0.2, 0.25) is 0 Å². The topological polar surface area (TPSA) is 43.6 Å². The quantitative estimate of drug-likeness (QED) is 0.730. The van der Waals surface area contributed by atoms with Crippen molar-refractivity contribution in [1.29, 1.82) is 0 Å². The van der Waals surface area contributed by atoms with Crippen molar-refractivity contribution < 1.29 is 9.53 Å². The Bertz CT molecular complexity index is 894. The van der Waals surface area contributed by atoms with Crippen LogP contribution >= 0.6 is 11.3 Å². The van der Waals surface area contributed by atoms with E-state index in [1.165, 1.54) is 11.3 Å². The third kappa shape index (κ3) is 3.19. The molecular formula is C18H18N2O2S. The summed E-state index contributed by atoms with van der Waals surface area (Å²) in [7, 11) is 1.65. The molecule has 0 N–H and O–H groups in total. The van der Waals surface area contributed by atoms with Crippen LogP contribution in [0, 0.1) is 0 Å². The Morgan fingerprint density at radius 3 is 2.70 bits per heavy atom. The third-order valence-electron chi connectivity index (χ3n) is 3.55. The van der Waals surface area contributed by atoms with E-state index in [0.717, 1.165) is 33.7 Å². The zero-order chi connectivity index (χ0) is 16.2. The van der Waals surface area contributed by atoms with E-state index in [4.69, 9.17) is 4.74 Å². The van der Waals surface area contributed by atoms with E-state index in [0.29, 0.717) is 5.56 Å². The molecule has 0 fully saturated rings. The van der Waals surface area contributed by atoms with Crippen LogP contribution < -0.4 is 9.54 Å². The molecule has 5 heteroatoms. The van der Waals surface area contributed by atoms with E-state index in [2.05, 4.69) is 16.5 Å². The van der Waals surface area contributed by atoms with Gasteiger partial charge in [-0.15, -0.1) is 0 Å². The van der Waals surface area contributed by atoms with Crippen LogP contribution in [0.2, 0.25) is 0 Å². The molecule has 0 aliphatic carbocycles. The van der Waals surface area contributed by atoms with Gasteiger partial charge in [-0.2, -0.15) is 4.99 Å². The molecule has 0 saturated heterocycles. The first-order valence-electron chi connectivity index (χ1n) is 7.54. The summed E-state index contributed by atoms with van der Waals surface area (Å²) < 4.78 is 8.49. The molecule has 0 aliphatic heterocycles. The minimum absolute atomic E-state index is 0.214. The summed E-state index contributed by atoms with van der Waals surface area (Å²) in [6, 6.07) is 15.1. The van der Waals surface area contributed by atoms with E-state index < -0.39 is 0 Å². The first kappa shape index (κ1) is 15.5. The fourth-order valence-corrected chi connectivity index (χ4v) is 3.47. The van der Waals surface area contributed by atoms with Gasteiger partial charge in [0.05, 0.1) is 17.3 Å². The number of rotatable bonds is 4. The minimum atomic E-state index is -0.214. The van der Waals surface area contributed by atoms with Gasteiger partial charge in [0.25, 0.3) is 5.91 Å². The summed E-state index contributed by atoms with van der Waals surface area (Å²) in [6.07, 6.45) is 0.968. The lowest BCUT2D eigenvalue weighted by Gasteiger charge is -2.04. The van der Waals surface area contributed by atoms with Crippen LogP contribution in [0.3, 0.4) is 0 Å². The van der Waals surface area contributed by atoms with Crippen molar-refractivity contribution in [3.05, 3.63) is 58.9 Å². The molecule has 23 heavy (non-hydrogen) atoms. The van der Waals surface area contributed by atoms with E-state index >= 15 is 0 Å². The molecule has 1 heterocycles. The Kier molecular flexibility index (Phi) is 4.57.